The van der Waals surface area contributed by atoms with Crippen LogP contribution in [0, 0.1) is 0 Å². The number of rotatable bonds is 2. The fourth-order valence-electron chi connectivity index (χ4n) is 2.89. The lowest BCUT2D eigenvalue weighted by molar-refractivity contribution is -0.127. The number of urea groups is 1. The Labute approximate surface area is 122 Å². The summed E-state index contributed by atoms with van der Waals surface area (Å²) in [5.74, 6) is -0.168. The highest BCUT2D eigenvalue weighted by molar-refractivity contribution is 6.02. The summed E-state index contributed by atoms with van der Waals surface area (Å²) in [6.45, 7) is 1.22. The Balaban J connectivity index is 1.62. The third-order valence-corrected chi connectivity index (χ3v) is 4.02. The molecule has 0 saturated carbocycles. The van der Waals surface area contributed by atoms with Gasteiger partial charge in [-0.05, 0) is 25.0 Å². The molecule has 0 aromatic heterocycles. The number of hydrogen-bond donors (Lipinski definition) is 1. The number of hydrogen-bond acceptors (Lipinski definition) is 3. The molecule has 110 valence electrons. The molecule has 21 heavy (non-hydrogen) atoms. The topological polar surface area (TPSA) is 69.7 Å². The molecule has 2 saturated heterocycles. The molecule has 0 atom stereocenters. The second-order valence-electron chi connectivity index (χ2n) is 5.31. The van der Waals surface area contributed by atoms with E-state index in [-0.39, 0.29) is 30.4 Å². The van der Waals surface area contributed by atoms with Crippen LogP contribution in [0.25, 0.3) is 0 Å². The molecule has 2 aliphatic rings. The van der Waals surface area contributed by atoms with E-state index in [9.17, 15) is 14.4 Å². The summed E-state index contributed by atoms with van der Waals surface area (Å²) < 4.78 is 0. The standard InChI is InChI=1S/C15H17N3O3/c19-13-10-16-15(21)18(13)12-6-8-17(9-7-12)14(20)11-4-2-1-3-5-11/h1-5,12H,6-10H2,(H,16,21). The van der Waals surface area contributed by atoms with Crippen LogP contribution in [0.3, 0.4) is 0 Å². The number of amides is 4. The van der Waals surface area contributed by atoms with Crippen LogP contribution in [-0.2, 0) is 4.79 Å². The van der Waals surface area contributed by atoms with E-state index in [1.807, 2.05) is 18.2 Å². The molecule has 0 unspecified atom stereocenters. The molecular weight excluding hydrogens is 270 g/mol. The van der Waals surface area contributed by atoms with Gasteiger partial charge in [0.05, 0.1) is 6.54 Å². The first-order valence-corrected chi connectivity index (χ1v) is 7.11. The predicted molar refractivity (Wildman–Crippen MR) is 75.6 cm³/mol. The normalized spacial score (nSPS) is 19.8. The minimum absolute atomic E-state index is 0.00579. The highest BCUT2D eigenvalue weighted by Crippen LogP contribution is 2.20. The minimum Gasteiger partial charge on any atom is -0.338 e. The van der Waals surface area contributed by atoms with Crippen LogP contribution in [0.4, 0.5) is 4.79 Å². The van der Waals surface area contributed by atoms with Crippen molar-refractivity contribution in [3.8, 4) is 0 Å². The first-order chi connectivity index (χ1) is 10.2. The summed E-state index contributed by atoms with van der Waals surface area (Å²) in [5.41, 5.74) is 0.672. The van der Waals surface area contributed by atoms with Crippen LogP contribution < -0.4 is 5.32 Å². The Morgan fingerprint density at radius 2 is 1.76 bits per heavy atom. The summed E-state index contributed by atoms with van der Waals surface area (Å²) in [7, 11) is 0. The molecule has 3 rings (SSSR count). The molecule has 1 aromatic carbocycles. The quantitative estimate of drug-likeness (QED) is 0.820. The summed E-state index contributed by atoms with van der Waals surface area (Å²) in [6.07, 6.45) is 1.27. The molecule has 6 nitrogen and oxygen atoms in total. The Bertz CT molecular complexity index is 549. The SMILES string of the molecule is O=C(c1ccccc1)N1CCC(N2C(=O)CNC2=O)CC1. The first-order valence-electron chi connectivity index (χ1n) is 7.11. The molecule has 0 bridgehead atoms. The largest absolute Gasteiger partial charge is 0.338 e. The Morgan fingerprint density at radius 1 is 1.10 bits per heavy atom. The van der Waals surface area contributed by atoms with E-state index >= 15 is 0 Å². The molecule has 0 spiro atoms. The van der Waals surface area contributed by atoms with Crippen molar-refractivity contribution in [1.29, 1.82) is 0 Å². The summed E-state index contributed by atoms with van der Waals surface area (Å²) in [6, 6.07) is 8.74. The van der Waals surface area contributed by atoms with Crippen molar-refractivity contribution in [2.24, 2.45) is 0 Å². The lowest BCUT2D eigenvalue weighted by atomic mass is 10.0. The van der Waals surface area contributed by atoms with Gasteiger partial charge in [-0.25, -0.2) is 4.79 Å². The molecule has 1 N–H and O–H groups in total. The number of carbonyl (C=O) groups is 3. The van der Waals surface area contributed by atoms with Crippen molar-refractivity contribution in [1.82, 2.24) is 15.1 Å². The molecule has 2 heterocycles. The number of piperidine rings is 1. The van der Waals surface area contributed by atoms with E-state index in [1.165, 1.54) is 4.90 Å². The maximum atomic E-state index is 12.3. The Kier molecular flexibility index (Phi) is 3.60. The lowest BCUT2D eigenvalue weighted by Crippen LogP contribution is -2.49. The molecule has 1 aromatic rings. The van der Waals surface area contributed by atoms with E-state index in [1.54, 1.807) is 17.0 Å². The van der Waals surface area contributed by atoms with Gasteiger partial charge in [0.15, 0.2) is 0 Å². The third-order valence-electron chi connectivity index (χ3n) is 4.02. The van der Waals surface area contributed by atoms with E-state index in [0.717, 1.165) is 0 Å². The molecule has 2 fully saturated rings. The van der Waals surface area contributed by atoms with Crippen LogP contribution in [0.5, 0.6) is 0 Å². The number of imide groups is 1. The number of nitrogens with zero attached hydrogens (tertiary/aromatic N) is 2. The van der Waals surface area contributed by atoms with Crippen molar-refractivity contribution < 1.29 is 14.4 Å². The van der Waals surface area contributed by atoms with Gasteiger partial charge in [0.2, 0.25) is 5.91 Å². The van der Waals surface area contributed by atoms with Crippen LogP contribution in [0.1, 0.15) is 23.2 Å². The third kappa shape index (κ3) is 2.61. The van der Waals surface area contributed by atoms with Crippen molar-refractivity contribution in [2.45, 2.75) is 18.9 Å². The fraction of sp³-hybridized carbons (Fsp3) is 0.400. The zero-order valence-electron chi connectivity index (χ0n) is 11.6. The molecule has 0 aliphatic carbocycles. The van der Waals surface area contributed by atoms with Crippen molar-refractivity contribution in [2.75, 3.05) is 19.6 Å². The van der Waals surface area contributed by atoms with Gasteiger partial charge in [-0.15, -0.1) is 0 Å². The Morgan fingerprint density at radius 3 is 2.33 bits per heavy atom. The number of carbonyl (C=O) groups excluding carboxylic acids is 3. The average molecular weight is 287 g/mol. The summed E-state index contributed by atoms with van der Waals surface area (Å²) in [4.78, 5) is 38.7. The number of benzene rings is 1. The summed E-state index contributed by atoms with van der Waals surface area (Å²) in [5, 5.41) is 2.53. The van der Waals surface area contributed by atoms with Crippen molar-refractivity contribution >= 4 is 17.8 Å². The monoisotopic (exact) mass is 287 g/mol. The van der Waals surface area contributed by atoms with Crippen molar-refractivity contribution in [3.63, 3.8) is 0 Å². The molecule has 2 aliphatic heterocycles. The second kappa shape index (κ2) is 5.55. The summed E-state index contributed by atoms with van der Waals surface area (Å²) >= 11 is 0. The van der Waals surface area contributed by atoms with Crippen molar-refractivity contribution in [3.05, 3.63) is 35.9 Å². The van der Waals surface area contributed by atoms with E-state index < -0.39 is 0 Å². The first kappa shape index (κ1) is 13.6. The zero-order valence-corrected chi connectivity index (χ0v) is 11.6. The predicted octanol–water partition coefficient (Wildman–Crippen LogP) is 0.843. The van der Waals surface area contributed by atoms with E-state index in [4.69, 9.17) is 0 Å². The molecular formula is C15H17N3O3. The highest BCUT2D eigenvalue weighted by Gasteiger charge is 2.37. The zero-order chi connectivity index (χ0) is 14.8. The van der Waals surface area contributed by atoms with Crippen LogP contribution in [0.2, 0.25) is 0 Å². The lowest BCUT2D eigenvalue weighted by Gasteiger charge is -2.35. The van der Waals surface area contributed by atoms with Gasteiger partial charge in [0, 0.05) is 24.7 Å². The van der Waals surface area contributed by atoms with Gasteiger partial charge in [-0.2, -0.15) is 0 Å². The smallest absolute Gasteiger partial charge is 0.324 e. The van der Waals surface area contributed by atoms with E-state index in [2.05, 4.69) is 5.32 Å². The van der Waals surface area contributed by atoms with Gasteiger partial charge < -0.3 is 10.2 Å². The van der Waals surface area contributed by atoms with Gasteiger partial charge in [0.25, 0.3) is 5.91 Å². The van der Waals surface area contributed by atoms with Gasteiger partial charge in [-0.3, -0.25) is 14.5 Å². The number of likely N-dealkylation sites (tertiary alicyclic amines) is 1. The second-order valence-corrected chi connectivity index (χ2v) is 5.31. The highest BCUT2D eigenvalue weighted by atomic mass is 16.2. The van der Waals surface area contributed by atoms with Gasteiger partial charge in [-0.1, -0.05) is 18.2 Å². The molecule has 4 amide bonds. The number of nitrogens with one attached hydrogen (secondary N) is 1. The molecule has 6 heteroatoms. The fourth-order valence-corrected chi connectivity index (χ4v) is 2.89. The van der Waals surface area contributed by atoms with Crippen LogP contribution in [0.15, 0.2) is 30.3 Å². The van der Waals surface area contributed by atoms with Crippen LogP contribution >= 0.6 is 0 Å². The Hall–Kier alpha value is -2.37. The minimum atomic E-state index is -0.312. The van der Waals surface area contributed by atoms with Gasteiger partial charge in [0.1, 0.15) is 0 Å². The van der Waals surface area contributed by atoms with Gasteiger partial charge >= 0.3 is 6.03 Å². The maximum absolute atomic E-state index is 12.3. The average Bonchev–Trinajstić information content (AvgIpc) is 2.87. The van der Waals surface area contributed by atoms with E-state index in [0.29, 0.717) is 31.5 Å². The van der Waals surface area contributed by atoms with Crippen LogP contribution in [-0.4, -0.2) is 53.3 Å². The molecule has 0 radical (unpaired) electrons. The maximum Gasteiger partial charge on any atom is 0.324 e.